The molecule has 90 valence electrons. The summed E-state index contributed by atoms with van der Waals surface area (Å²) in [6.45, 7) is 2.04. The van der Waals surface area contributed by atoms with Crippen molar-refractivity contribution in [2.45, 2.75) is 6.92 Å². The molecule has 3 aromatic rings. The molecule has 0 saturated heterocycles. The lowest BCUT2D eigenvalue weighted by atomic mass is 10.0. The highest BCUT2D eigenvalue weighted by molar-refractivity contribution is 7.13. The topological polar surface area (TPSA) is 64.9 Å². The van der Waals surface area contributed by atoms with Crippen molar-refractivity contribution in [1.29, 1.82) is 0 Å². The monoisotopic (exact) mass is 257 g/mol. The van der Waals surface area contributed by atoms with E-state index in [1.807, 2.05) is 25.1 Å². The fourth-order valence-corrected chi connectivity index (χ4v) is 2.48. The molecule has 5 heteroatoms. The van der Waals surface area contributed by atoms with Gasteiger partial charge >= 0.3 is 0 Å². The third-order valence-corrected chi connectivity index (χ3v) is 3.45. The van der Waals surface area contributed by atoms with E-state index in [1.54, 1.807) is 11.7 Å². The Balaban J connectivity index is 2.20. The molecule has 0 saturated carbocycles. The second-order valence-corrected chi connectivity index (χ2v) is 4.89. The molecule has 2 heterocycles. The van der Waals surface area contributed by atoms with E-state index in [-0.39, 0.29) is 0 Å². The summed E-state index contributed by atoms with van der Waals surface area (Å²) in [7, 11) is 0. The maximum Gasteiger partial charge on any atom is 0.188 e. The summed E-state index contributed by atoms with van der Waals surface area (Å²) in [4.78, 5) is 4.98. The molecule has 18 heavy (non-hydrogen) atoms. The Kier molecular flexibility index (Phi) is 2.60. The van der Waals surface area contributed by atoms with Crippen LogP contribution in [0.25, 0.3) is 21.8 Å². The first-order chi connectivity index (χ1) is 8.75. The van der Waals surface area contributed by atoms with Crippen molar-refractivity contribution >= 4 is 17.2 Å². The van der Waals surface area contributed by atoms with Gasteiger partial charge in [-0.3, -0.25) is 4.98 Å². The number of aryl methyl sites for hydroxylation is 1. The van der Waals surface area contributed by atoms with Crippen LogP contribution < -0.4 is 5.73 Å². The van der Waals surface area contributed by atoms with Gasteiger partial charge in [-0.05, 0) is 12.5 Å². The summed E-state index contributed by atoms with van der Waals surface area (Å²) in [5.41, 5.74) is 10.7. The van der Waals surface area contributed by atoms with Crippen LogP contribution in [0.4, 0.5) is 5.82 Å². The van der Waals surface area contributed by atoms with E-state index in [9.17, 15) is 0 Å². The number of hydrogen-bond acceptors (Lipinski definition) is 5. The number of thiazole rings is 1. The Morgan fingerprint density at radius 3 is 2.94 bits per heavy atom. The Morgan fingerprint density at radius 1 is 1.33 bits per heavy atom. The van der Waals surface area contributed by atoms with Crippen molar-refractivity contribution in [1.82, 2.24) is 10.1 Å². The van der Waals surface area contributed by atoms with E-state index in [0.29, 0.717) is 11.6 Å². The molecular weight excluding hydrogens is 246 g/mol. The summed E-state index contributed by atoms with van der Waals surface area (Å²) < 4.78 is 5.33. The van der Waals surface area contributed by atoms with E-state index >= 15 is 0 Å². The predicted molar refractivity (Wildman–Crippen MR) is 72.2 cm³/mol. The van der Waals surface area contributed by atoms with Gasteiger partial charge in [-0.15, -0.1) is 11.3 Å². The lowest BCUT2D eigenvalue weighted by Gasteiger charge is -2.02. The molecule has 0 bridgehead atoms. The first-order valence-electron chi connectivity index (χ1n) is 5.47. The Hall–Kier alpha value is -2.14. The number of aromatic nitrogens is 2. The summed E-state index contributed by atoms with van der Waals surface area (Å²) in [5.74, 6) is 1.09. The van der Waals surface area contributed by atoms with E-state index < -0.39 is 0 Å². The van der Waals surface area contributed by atoms with Crippen LogP contribution in [-0.2, 0) is 0 Å². The van der Waals surface area contributed by atoms with E-state index in [0.717, 1.165) is 16.0 Å². The molecule has 0 amide bonds. The van der Waals surface area contributed by atoms with Crippen LogP contribution in [0.3, 0.4) is 0 Å². The highest BCUT2D eigenvalue weighted by Crippen LogP contribution is 2.38. The average molecular weight is 257 g/mol. The van der Waals surface area contributed by atoms with Crippen LogP contribution in [0, 0.1) is 6.92 Å². The molecule has 2 aromatic heterocycles. The van der Waals surface area contributed by atoms with Crippen LogP contribution >= 0.6 is 11.3 Å². The highest BCUT2D eigenvalue weighted by Gasteiger charge is 2.18. The van der Waals surface area contributed by atoms with Crippen LogP contribution in [0.2, 0.25) is 0 Å². The maximum absolute atomic E-state index is 5.91. The number of nitrogens with two attached hydrogens (primary N) is 1. The minimum atomic E-state index is 0.406. The SMILES string of the molecule is Cc1cccc(-c2c(N)noc2-c2cncs2)c1. The highest BCUT2D eigenvalue weighted by atomic mass is 32.1. The standard InChI is InChI=1S/C13H11N3OS/c1-8-3-2-4-9(5-8)11-12(17-16-13(11)14)10-6-15-7-18-10/h2-7H,1H3,(H2,14,16). The minimum absolute atomic E-state index is 0.406. The molecule has 0 aliphatic heterocycles. The van der Waals surface area contributed by atoms with Crippen molar-refractivity contribution in [3.05, 3.63) is 41.5 Å². The molecule has 2 N–H and O–H groups in total. The van der Waals surface area contributed by atoms with Crippen LogP contribution in [0.15, 0.2) is 40.5 Å². The summed E-state index contributed by atoms with van der Waals surface area (Å²) in [6, 6.07) is 8.10. The Labute approximate surface area is 108 Å². The van der Waals surface area contributed by atoms with Gasteiger partial charge in [0, 0.05) is 6.20 Å². The predicted octanol–water partition coefficient (Wildman–Crippen LogP) is 3.36. The van der Waals surface area contributed by atoms with Crippen molar-refractivity contribution < 1.29 is 4.52 Å². The maximum atomic E-state index is 5.91. The zero-order valence-electron chi connectivity index (χ0n) is 9.75. The number of hydrogen-bond donors (Lipinski definition) is 1. The molecule has 0 aliphatic carbocycles. The van der Waals surface area contributed by atoms with Crippen molar-refractivity contribution in [2.24, 2.45) is 0 Å². The smallest absolute Gasteiger partial charge is 0.188 e. The average Bonchev–Trinajstić information content (AvgIpc) is 2.97. The second-order valence-electron chi connectivity index (χ2n) is 4.01. The van der Waals surface area contributed by atoms with Crippen molar-refractivity contribution in [2.75, 3.05) is 5.73 Å². The Bertz CT molecular complexity index is 673. The van der Waals surface area contributed by atoms with E-state index in [4.69, 9.17) is 10.3 Å². The largest absolute Gasteiger partial charge is 0.380 e. The third-order valence-electron chi connectivity index (χ3n) is 2.68. The van der Waals surface area contributed by atoms with E-state index in [2.05, 4.69) is 16.2 Å². The van der Waals surface area contributed by atoms with Gasteiger partial charge in [0.2, 0.25) is 0 Å². The van der Waals surface area contributed by atoms with Gasteiger partial charge in [-0.2, -0.15) is 0 Å². The fourth-order valence-electron chi connectivity index (χ4n) is 1.88. The first-order valence-corrected chi connectivity index (χ1v) is 6.34. The first kappa shape index (κ1) is 11.0. The molecule has 4 nitrogen and oxygen atoms in total. The molecular formula is C13H11N3OS. The lowest BCUT2D eigenvalue weighted by molar-refractivity contribution is 0.437. The molecule has 0 aliphatic rings. The number of rotatable bonds is 2. The molecule has 0 fully saturated rings. The molecule has 0 radical (unpaired) electrons. The lowest BCUT2D eigenvalue weighted by Crippen LogP contribution is -1.88. The zero-order valence-corrected chi connectivity index (χ0v) is 10.6. The molecule has 3 rings (SSSR count). The molecule has 0 atom stereocenters. The summed E-state index contributed by atoms with van der Waals surface area (Å²) >= 11 is 1.50. The van der Waals surface area contributed by atoms with Gasteiger partial charge in [0.15, 0.2) is 11.6 Å². The van der Waals surface area contributed by atoms with Crippen LogP contribution in [-0.4, -0.2) is 10.1 Å². The summed E-state index contributed by atoms with van der Waals surface area (Å²) in [5, 5.41) is 3.86. The fraction of sp³-hybridized carbons (Fsp3) is 0.0769. The molecule has 0 unspecified atom stereocenters. The van der Waals surface area contributed by atoms with Gasteiger partial charge in [-0.25, -0.2) is 0 Å². The van der Waals surface area contributed by atoms with Crippen LogP contribution in [0.5, 0.6) is 0 Å². The third kappa shape index (κ3) is 1.78. The second kappa shape index (κ2) is 4.27. The van der Waals surface area contributed by atoms with E-state index in [1.165, 1.54) is 16.9 Å². The van der Waals surface area contributed by atoms with Gasteiger partial charge < -0.3 is 10.3 Å². The molecule has 1 aromatic carbocycles. The quantitative estimate of drug-likeness (QED) is 0.764. The number of nitrogen functional groups attached to an aromatic ring is 1. The number of benzene rings is 1. The molecule has 0 spiro atoms. The Morgan fingerprint density at radius 2 is 2.22 bits per heavy atom. The van der Waals surface area contributed by atoms with Gasteiger partial charge in [0.1, 0.15) is 0 Å². The normalized spacial score (nSPS) is 10.7. The van der Waals surface area contributed by atoms with Crippen molar-refractivity contribution in [3.8, 4) is 21.8 Å². The van der Waals surface area contributed by atoms with Gasteiger partial charge in [-0.1, -0.05) is 35.0 Å². The van der Waals surface area contributed by atoms with Gasteiger partial charge in [0.25, 0.3) is 0 Å². The number of nitrogens with zero attached hydrogens (tertiary/aromatic N) is 2. The van der Waals surface area contributed by atoms with Gasteiger partial charge in [0.05, 0.1) is 16.0 Å². The zero-order chi connectivity index (χ0) is 12.5. The van der Waals surface area contributed by atoms with Crippen LogP contribution in [0.1, 0.15) is 5.56 Å². The number of anilines is 1. The summed E-state index contributed by atoms with van der Waals surface area (Å²) in [6.07, 6.45) is 1.75. The minimum Gasteiger partial charge on any atom is -0.380 e. The van der Waals surface area contributed by atoms with Crippen molar-refractivity contribution in [3.63, 3.8) is 0 Å².